The van der Waals surface area contributed by atoms with E-state index in [2.05, 4.69) is 10.1 Å². The van der Waals surface area contributed by atoms with Gasteiger partial charge < -0.3 is 20.8 Å². The van der Waals surface area contributed by atoms with Gasteiger partial charge in [-0.25, -0.2) is 0 Å². The number of hydrogen-bond acceptors (Lipinski definition) is 4. The third kappa shape index (κ3) is 3.08. The molecule has 0 aliphatic carbocycles. The molecule has 1 amide bonds. The molecule has 0 saturated heterocycles. The van der Waals surface area contributed by atoms with E-state index in [1.807, 2.05) is 0 Å². The van der Waals surface area contributed by atoms with Crippen LogP contribution >= 0.6 is 0 Å². The molecule has 0 spiro atoms. The summed E-state index contributed by atoms with van der Waals surface area (Å²) in [5, 5.41) is 11.6. The van der Waals surface area contributed by atoms with Crippen molar-refractivity contribution in [3.63, 3.8) is 0 Å². The molecule has 1 heterocycles. The van der Waals surface area contributed by atoms with E-state index in [-0.39, 0.29) is 23.0 Å². The van der Waals surface area contributed by atoms with Crippen molar-refractivity contribution < 1.29 is 10.0 Å². The van der Waals surface area contributed by atoms with Crippen molar-refractivity contribution in [2.45, 2.75) is 0 Å². The molecule has 0 aliphatic heterocycles. The van der Waals surface area contributed by atoms with Crippen LogP contribution in [0.4, 0.5) is 5.69 Å². The topological polar surface area (TPSA) is 112 Å². The lowest BCUT2D eigenvalue weighted by Gasteiger charge is -2.17. The lowest BCUT2D eigenvalue weighted by Crippen LogP contribution is -2.28. The van der Waals surface area contributed by atoms with E-state index in [1.165, 1.54) is 23.1 Å². The first-order chi connectivity index (χ1) is 10.0. The normalized spacial score (nSPS) is 11.2. The fourth-order valence-electron chi connectivity index (χ4n) is 1.80. The number of nitrogens with one attached hydrogen (secondary N) is 1. The van der Waals surface area contributed by atoms with Gasteiger partial charge in [0.15, 0.2) is 5.84 Å². The number of benzene rings is 1. The van der Waals surface area contributed by atoms with E-state index in [4.69, 9.17) is 10.9 Å². The molecule has 0 bridgehead atoms. The molecule has 2 aromatic rings. The number of amides is 1. The first-order valence-corrected chi connectivity index (χ1v) is 6.08. The quantitative estimate of drug-likeness (QED) is 0.334. The van der Waals surface area contributed by atoms with Gasteiger partial charge in [0.05, 0.1) is 0 Å². The molecule has 0 fully saturated rings. The Morgan fingerprint density at radius 1 is 1.29 bits per heavy atom. The molecule has 7 heteroatoms. The summed E-state index contributed by atoms with van der Waals surface area (Å²) in [6.07, 6.45) is 0. The standard InChI is InChI=1S/C14H14N4O3/c1-18(14(20)11-6-3-7-12(19)16-11)10-5-2-4-9(8-10)13(15)17-21/h2-8,21H,1H3,(H2,15,17)(H,16,19). The Morgan fingerprint density at radius 2 is 2.00 bits per heavy atom. The molecule has 0 unspecified atom stereocenters. The van der Waals surface area contributed by atoms with Crippen molar-refractivity contribution in [2.24, 2.45) is 10.9 Å². The van der Waals surface area contributed by atoms with Crippen LogP contribution in [0.1, 0.15) is 16.1 Å². The summed E-state index contributed by atoms with van der Waals surface area (Å²) in [4.78, 5) is 27.4. The zero-order chi connectivity index (χ0) is 15.4. The molecule has 0 aliphatic rings. The van der Waals surface area contributed by atoms with Gasteiger partial charge in [-0.05, 0) is 18.2 Å². The van der Waals surface area contributed by atoms with E-state index in [0.29, 0.717) is 11.3 Å². The molecule has 7 nitrogen and oxygen atoms in total. The zero-order valence-electron chi connectivity index (χ0n) is 11.3. The number of rotatable bonds is 3. The minimum atomic E-state index is -0.371. The molecular weight excluding hydrogens is 272 g/mol. The number of nitrogens with zero attached hydrogens (tertiary/aromatic N) is 2. The fourth-order valence-corrected chi connectivity index (χ4v) is 1.80. The van der Waals surface area contributed by atoms with E-state index < -0.39 is 0 Å². The van der Waals surface area contributed by atoms with Gasteiger partial charge in [0.1, 0.15) is 5.69 Å². The van der Waals surface area contributed by atoms with Crippen molar-refractivity contribution in [1.82, 2.24) is 4.98 Å². The fraction of sp³-hybridized carbons (Fsp3) is 0.0714. The summed E-state index contributed by atoms with van der Waals surface area (Å²) in [7, 11) is 1.57. The highest BCUT2D eigenvalue weighted by Crippen LogP contribution is 2.16. The lowest BCUT2D eigenvalue weighted by molar-refractivity contribution is 0.0988. The summed E-state index contributed by atoms with van der Waals surface area (Å²) >= 11 is 0. The number of aromatic amines is 1. The number of carbonyl (C=O) groups is 1. The summed E-state index contributed by atoms with van der Waals surface area (Å²) in [5.74, 6) is -0.421. The van der Waals surface area contributed by atoms with E-state index in [9.17, 15) is 9.59 Å². The summed E-state index contributed by atoms with van der Waals surface area (Å²) in [6.45, 7) is 0. The van der Waals surface area contributed by atoms with Crippen LogP contribution in [0.3, 0.4) is 0 Å². The Bertz CT molecular complexity index is 752. The van der Waals surface area contributed by atoms with Gasteiger partial charge in [0.25, 0.3) is 5.91 Å². The molecule has 108 valence electrons. The van der Waals surface area contributed by atoms with E-state index >= 15 is 0 Å². The van der Waals surface area contributed by atoms with Crippen LogP contribution in [0.25, 0.3) is 0 Å². The lowest BCUT2D eigenvalue weighted by atomic mass is 10.1. The van der Waals surface area contributed by atoms with Gasteiger partial charge in [-0.2, -0.15) is 0 Å². The smallest absolute Gasteiger partial charge is 0.274 e. The average Bonchev–Trinajstić information content (AvgIpc) is 2.52. The number of carbonyl (C=O) groups excluding carboxylic acids is 1. The number of pyridine rings is 1. The van der Waals surface area contributed by atoms with Crippen LogP contribution in [-0.4, -0.2) is 29.0 Å². The highest BCUT2D eigenvalue weighted by molar-refractivity contribution is 6.05. The van der Waals surface area contributed by atoms with Crippen molar-refractivity contribution in [3.05, 3.63) is 64.1 Å². The maximum Gasteiger partial charge on any atom is 0.274 e. The van der Waals surface area contributed by atoms with Crippen LogP contribution in [0.5, 0.6) is 0 Å². The average molecular weight is 286 g/mol. The van der Waals surface area contributed by atoms with Crippen LogP contribution in [0, 0.1) is 0 Å². The van der Waals surface area contributed by atoms with Gasteiger partial charge in [0.2, 0.25) is 5.56 Å². The van der Waals surface area contributed by atoms with Gasteiger partial charge in [0, 0.05) is 24.4 Å². The second-order valence-electron chi connectivity index (χ2n) is 4.33. The number of aromatic nitrogens is 1. The van der Waals surface area contributed by atoms with Crippen LogP contribution < -0.4 is 16.2 Å². The Hall–Kier alpha value is -3.09. The molecule has 21 heavy (non-hydrogen) atoms. The predicted molar refractivity (Wildman–Crippen MR) is 78.7 cm³/mol. The first kappa shape index (κ1) is 14.3. The first-order valence-electron chi connectivity index (χ1n) is 6.08. The zero-order valence-corrected chi connectivity index (χ0v) is 11.3. The molecular formula is C14H14N4O3. The van der Waals surface area contributed by atoms with Crippen molar-refractivity contribution in [3.8, 4) is 0 Å². The molecule has 1 aromatic carbocycles. The maximum absolute atomic E-state index is 12.3. The Labute approximate surface area is 120 Å². The number of hydrogen-bond donors (Lipinski definition) is 3. The highest BCUT2D eigenvalue weighted by Gasteiger charge is 2.15. The number of nitrogens with two attached hydrogens (primary N) is 1. The molecule has 0 atom stereocenters. The number of amidine groups is 1. The van der Waals surface area contributed by atoms with Crippen LogP contribution in [-0.2, 0) is 0 Å². The Kier molecular flexibility index (Phi) is 4.03. The van der Waals surface area contributed by atoms with Crippen molar-refractivity contribution >= 4 is 17.4 Å². The molecule has 1 aromatic heterocycles. The van der Waals surface area contributed by atoms with Crippen LogP contribution in [0.2, 0.25) is 0 Å². The number of H-pyrrole nitrogens is 1. The Morgan fingerprint density at radius 3 is 2.67 bits per heavy atom. The SMILES string of the molecule is CN(C(=O)c1cccc(=O)[nH]1)c1cccc(/C(N)=N/O)c1. The molecule has 0 radical (unpaired) electrons. The predicted octanol–water partition coefficient (Wildman–Crippen LogP) is 0.746. The minimum Gasteiger partial charge on any atom is -0.409 e. The van der Waals surface area contributed by atoms with Gasteiger partial charge in [-0.15, -0.1) is 0 Å². The Balaban J connectivity index is 2.34. The second-order valence-corrected chi connectivity index (χ2v) is 4.33. The van der Waals surface area contributed by atoms with Gasteiger partial charge >= 0.3 is 0 Å². The molecule has 2 rings (SSSR count). The number of oxime groups is 1. The summed E-state index contributed by atoms with van der Waals surface area (Å²) < 4.78 is 0. The van der Waals surface area contributed by atoms with Gasteiger partial charge in [-0.3, -0.25) is 9.59 Å². The van der Waals surface area contributed by atoms with Crippen LogP contribution in [0.15, 0.2) is 52.4 Å². The van der Waals surface area contributed by atoms with Crippen molar-refractivity contribution in [1.29, 1.82) is 0 Å². The summed E-state index contributed by atoms with van der Waals surface area (Å²) in [5.41, 5.74) is 6.38. The third-order valence-electron chi connectivity index (χ3n) is 2.94. The summed E-state index contributed by atoms with van der Waals surface area (Å²) in [6, 6.07) is 11.0. The second kappa shape index (κ2) is 5.91. The van der Waals surface area contributed by atoms with Crippen molar-refractivity contribution in [2.75, 3.05) is 11.9 Å². The number of anilines is 1. The maximum atomic E-state index is 12.3. The third-order valence-corrected chi connectivity index (χ3v) is 2.94. The molecule has 0 saturated carbocycles. The monoisotopic (exact) mass is 286 g/mol. The van der Waals surface area contributed by atoms with E-state index in [1.54, 1.807) is 31.3 Å². The minimum absolute atomic E-state index is 0.0502. The van der Waals surface area contributed by atoms with E-state index in [0.717, 1.165) is 0 Å². The van der Waals surface area contributed by atoms with Gasteiger partial charge in [-0.1, -0.05) is 23.4 Å². The largest absolute Gasteiger partial charge is 0.409 e. The highest BCUT2D eigenvalue weighted by atomic mass is 16.4. The molecule has 4 N–H and O–H groups in total.